The molecule has 0 saturated carbocycles. The molecule has 0 fully saturated rings. The van der Waals surface area contributed by atoms with Crippen molar-refractivity contribution in [3.05, 3.63) is 23.0 Å². The highest BCUT2D eigenvalue weighted by Gasteiger charge is 2.12. The molecule has 1 aromatic heterocycles. The van der Waals surface area contributed by atoms with Crippen molar-refractivity contribution in [1.29, 1.82) is 0 Å². The zero-order valence-electron chi connectivity index (χ0n) is 7.03. The standard InChI is InChI=1S/C8H11NO2S/c1-5-7(8(10)11)3-6(4-12)9(5)2/h3,12H,4H2,1-2H3,(H,10,11). The molecule has 0 aliphatic heterocycles. The molecule has 0 aromatic carbocycles. The van der Waals surface area contributed by atoms with E-state index in [4.69, 9.17) is 5.11 Å². The second-order valence-corrected chi connectivity index (χ2v) is 2.97. The Labute approximate surface area is 76.4 Å². The van der Waals surface area contributed by atoms with Crippen LogP contribution in [0.15, 0.2) is 6.07 Å². The summed E-state index contributed by atoms with van der Waals surface area (Å²) in [6.45, 7) is 1.79. The second-order valence-electron chi connectivity index (χ2n) is 2.66. The minimum Gasteiger partial charge on any atom is -0.478 e. The van der Waals surface area contributed by atoms with Crippen LogP contribution in [0.25, 0.3) is 0 Å². The lowest BCUT2D eigenvalue weighted by atomic mass is 10.2. The van der Waals surface area contributed by atoms with E-state index < -0.39 is 5.97 Å². The van der Waals surface area contributed by atoms with Crippen molar-refractivity contribution in [3.63, 3.8) is 0 Å². The fraction of sp³-hybridized carbons (Fsp3) is 0.375. The number of nitrogens with zero attached hydrogens (tertiary/aromatic N) is 1. The Hall–Kier alpha value is -0.900. The van der Waals surface area contributed by atoms with E-state index in [0.717, 1.165) is 11.4 Å². The third kappa shape index (κ3) is 1.34. The van der Waals surface area contributed by atoms with Gasteiger partial charge in [0.2, 0.25) is 0 Å². The number of hydrogen-bond acceptors (Lipinski definition) is 2. The zero-order chi connectivity index (χ0) is 9.30. The minimum absolute atomic E-state index is 0.363. The molecule has 1 N–H and O–H groups in total. The van der Waals surface area contributed by atoms with Gasteiger partial charge in [0.05, 0.1) is 5.56 Å². The Balaban J connectivity index is 3.25. The molecule has 0 radical (unpaired) electrons. The first-order valence-corrected chi connectivity index (χ1v) is 4.20. The molecule has 0 aliphatic rings. The average Bonchev–Trinajstić information content (AvgIpc) is 2.30. The highest BCUT2D eigenvalue weighted by Crippen LogP contribution is 2.15. The summed E-state index contributed by atoms with van der Waals surface area (Å²) in [7, 11) is 1.84. The third-order valence-corrected chi connectivity index (χ3v) is 2.35. The number of carboxylic acids is 1. The van der Waals surface area contributed by atoms with Gasteiger partial charge in [0.1, 0.15) is 0 Å². The molecule has 66 valence electrons. The van der Waals surface area contributed by atoms with Crippen LogP contribution in [0.2, 0.25) is 0 Å². The van der Waals surface area contributed by atoms with Crippen LogP contribution < -0.4 is 0 Å². The monoisotopic (exact) mass is 185 g/mol. The van der Waals surface area contributed by atoms with Gasteiger partial charge >= 0.3 is 5.97 Å². The molecular formula is C8H11NO2S. The van der Waals surface area contributed by atoms with E-state index in [1.165, 1.54) is 0 Å². The fourth-order valence-corrected chi connectivity index (χ4v) is 1.44. The fourth-order valence-electron chi connectivity index (χ4n) is 1.13. The number of carbonyl (C=O) groups is 1. The van der Waals surface area contributed by atoms with Crippen LogP contribution >= 0.6 is 12.6 Å². The number of carboxylic acid groups (broad SMARTS) is 1. The van der Waals surface area contributed by atoms with Crippen molar-refractivity contribution in [2.24, 2.45) is 7.05 Å². The summed E-state index contributed by atoms with van der Waals surface area (Å²) in [6, 6.07) is 1.66. The lowest BCUT2D eigenvalue weighted by Gasteiger charge is -2.00. The summed E-state index contributed by atoms with van der Waals surface area (Å²) in [6.07, 6.45) is 0. The number of aromatic nitrogens is 1. The van der Waals surface area contributed by atoms with Gasteiger partial charge in [0.15, 0.2) is 0 Å². The van der Waals surface area contributed by atoms with Crippen molar-refractivity contribution < 1.29 is 9.90 Å². The summed E-state index contributed by atoms with van der Waals surface area (Å²) in [5, 5.41) is 8.76. The van der Waals surface area contributed by atoms with E-state index in [1.54, 1.807) is 13.0 Å². The number of thiol groups is 1. The molecule has 0 atom stereocenters. The largest absolute Gasteiger partial charge is 0.478 e. The van der Waals surface area contributed by atoms with Crippen LogP contribution in [-0.2, 0) is 12.8 Å². The van der Waals surface area contributed by atoms with Crippen molar-refractivity contribution in [1.82, 2.24) is 4.57 Å². The molecule has 0 spiro atoms. The van der Waals surface area contributed by atoms with Crippen molar-refractivity contribution in [2.45, 2.75) is 12.7 Å². The van der Waals surface area contributed by atoms with E-state index in [2.05, 4.69) is 12.6 Å². The molecule has 0 aliphatic carbocycles. The highest BCUT2D eigenvalue weighted by molar-refractivity contribution is 7.79. The molecule has 0 amide bonds. The normalized spacial score (nSPS) is 10.2. The lowest BCUT2D eigenvalue weighted by molar-refractivity contribution is 0.0696. The maximum absolute atomic E-state index is 10.7. The average molecular weight is 185 g/mol. The van der Waals surface area contributed by atoms with Gasteiger partial charge in [-0.25, -0.2) is 4.79 Å². The third-order valence-electron chi connectivity index (χ3n) is 2.03. The molecule has 0 saturated heterocycles. The molecule has 1 aromatic rings. The minimum atomic E-state index is -0.879. The van der Waals surface area contributed by atoms with Crippen molar-refractivity contribution >= 4 is 18.6 Å². The Morgan fingerprint density at radius 1 is 1.75 bits per heavy atom. The molecule has 12 heavy (non-hydrogen) atoms. The van der Waals surface area contributed by atoms with E-state index in [1.807, 2.05) is 11.6 Å². The SMILES string of the molecule is Cc1c(C(=O)O)cc(CS)n1C. The molecule has 3 nitrogen and oxygen atoms in total. The van der Waals surface area contributed by atoms with Crippen molar-refractivity contribution in [3.8, 4) is 0 Å². The first-order chi connectivity index (χ1) is 5.57. The van der Waals surface area contributed by atoms with Gasteiger partial charge < -0.3 is 9.67 Å². The summed E-state index contributed by atoms with van der Waals surface area (Å²) in [5.74, 6) is -0.318. The van der Waals surface area contributed by atoms with Gasteiger partial charge in [0.25, 0.3) is 0 Å². The van der Waals surface area contributed by atoms with Crippen LogP contribution in [-0.4, -0.2) is 15.6 Å². The Morgan fingerprint density at radius 3 is 2.58 bits per heavy atom. The smallest absolute Gasteiger partial charge is 0.337 e. The van der Waals surface area contributed by atoms with Gasteiger partial charge in [-0.15, -0.1) is 0 Å². The number of hydrogen-bond donors (Lipinski definition) is 2. The predicted octanol–water partition coefficient (Wildman–Crippen LogP) is 1.46. The van der Waals surface area contributed by atoms with E-state index >= 15 is 0 Å². The van der Waals surface area contributed by atoms with Crippen LogP contribution in [0, 0.1) is 6.92 Å². The Bertz CT molecular complexity index is 317. The summed E-state index contributed by atoms with van der Waals surface area (Å²) < 4.78 is 1.84. The molecule has 0 unspecified atom stereocenters. The zero-order valence-corrected chi connectivity index (χ0v) is 7.93. The number of rotatable bonds is 2. The second kappa shape index (κ2) is 3.23. The van der Waals surface area contributed by atoms with Crippen LogP contribution in [0.4, 0.5) is 0 Å². The summed E-state index contributed by atoms with van der Waals surface area (Å²) in [5.41, 5.74) is 2.06. The Morgan fingerprint density at radius 2 is 2.33 bits per heavy atom. The molecule has 1 heterocycles. The molecular weight excluding hydrogens is 174 g/mol. The summed E-state index contributed by atoms with van der Waals surface area (Å²) >= 11 is 4.10. The molecule has 4 heteroatoms. The topological polar surface area (TPSA) is 42.2 Å². The van der Waals surface area contributed by atoms with Crippen LogP contribution in [0.3, 0.4) is 0 Å². The quantitative estimate of drug-likeness (QED) is 0.685. The van der Waals surface area contributed by atoms with Crippen LogP contribution in [0.5, 0.6) is 0 Å². The summed E-state index contributed by atoms with van der Waals surface area (Å²) in [4.78, 5) is 10.7. The maximum Gasteiger partial charge on any atom is 0.337 e. The first kappa shape index (κ1) is 9.19. The number of aromatic carboxylic acids is 1. The molecule has 1 rings (SSSR count). The lowest BCUT2D eigenvalue weighted by Crippen LogP contribution is -1.99. The van der Waals surface area contributed by atoms with Gasteiger partial charge in [-0.2, -0.15) is 12.6 Å². The van der Waals surface area contributed by atoms with Gasteiger partial charge in [0, 0.05) is 24.2 Å². The van der Waals surface area contributed by atoms with E-state index in [9.17, 15) is 4.79 Å². The van der Waals surface area contributed by atoms with Gasteiger partial charge in [-0.1, -0.05) is 0 Å². The predicted molar refractivity (Wildman–Crippen MR) is 49.8 cm³/mol. The highest BCUT2D eigenvalue weighted by atomic mass is 32.1. The first-order valence-electron chi connectivity index (χ1n) is 3.57. The van der Waals surface area contributed by atoms with E-state index in [-0.39, 0.29) is 0 Å². The van der Waals surface area contributed by atoms with Gasteiger partial charge in [-0.05, 0) is 13.0 Å². The van der Waals surface area contributed by atoms with Gasteiger partial charge in [-0.3, -0.25) is 0 Å². The van der Waals surface area contributed by atoms with E-state index in [0.29, 0.717) is 11.3 Å². The van der Waals surface area contributed by atoms with Crippen molar-refractivity contribution in [2.75, 3.05) is 0 Å². The Kier molecular flexibility index (Phi) is 2.47. The molecule has 0 bridgehead atoms. The maximum atomic E-state index is 10.7. The van der Waals surface area contributed by atoms with Crippen LogP contribution in [0.1, 0.15) is 21.7 Å².